The highest BCUT2D eigenvalue weighted by Crippen LogP contribution is 2.24. The summed E-state index contributed by atoms with van der Waals surface area (Å²) in [6.45, 7) is 2.30. The Labute approximate surface area is 88.4 Å². The van der Waals surface area contributed by atoms with Crippen LogP contribution in [0, 0.1) is 0 Å². The topological polar surface area (TPSA) is 34.1 Å². The van der Waals surface area contributed by atoms with E-state index in [-0.39, 0.29) is 11.6 Å². The molecule has 0 aromatic carbocycles. The summed E-state index contributed by atoms with van der Waals surface area (Å²) < 4.78 is 0. The van der Waals surface area contributed by atoms with Crippen molar-refractivity contribution in [3.05, 3.63) is 24.3 Å². The van der Waals surface area contributed by atoms with E-state index in [1.165, 1.54) is 42.9 Å². The number of rotatable bonds is 0. The van der Waals surface area contributed by atoms with Gasteiger partial charge in [-0.1, -0.05) is 6.92 Å². The van der Waals surface area contributed by atoms with Crippen LogP contribution in [0.15, 0.2) is 24.3 Å². The largest absolute Gasteiger partial charge is 0.290 e. The van der Waals surface area contributed by atoms with Gasteiger partial charge in [-0.2, -0.15) is 11.8 Å². The van der Waals surface area contributed by atoms with E-state index < -0.39 is 0 Å². The number of allylic oxidation sites excluding steroid dienone is 4. The summed E-state index contributed by atoms with van der Waals surface area (Å²) in [5.74, 6) is 1.16. The summed E-state index contributed by atoms with van der Waals surface area (Å²) in [6.07, 6.45) is 7.91. The van der Waals surface area contributed by atoms with Gasteiger partial charge in [0.1, 0.15) is 0 Å². The number of thioether (sulfide) groups is 1. The van der Waals surface area contributed by atoms with Crippen molar-refractivity contribution in [1.82, 2.24) is 0 Å². The van der Waals surface area contributed by atoms with Crippen LogP contribution in [-0.4, -0.2) is 22.6 Å². The number of hydrogen-bond acceptors (Lipinski definition) is 3. The molecule has 1 unspecified atom stereocenters. The Balaban J connectivity index is 0.000000146. The first kappa shape index (κ1) is 11.2. The Kier molecular flexibility index (Phi) is 4.66. The Morgan fingerprint density at radius 2 is 1.64 bits per heavy atom. The average Bonchev–Trinajstić information content (AvgIpc) is 2.63. The molecule has 2 aliphatic rings. The van der Waals surface area contributed by atoms with E-state index in [1.807, 2.05) is 0 Å². The second-order valence-corrected chi connectivity index (χ2v) is 4.84. The van der Waals surface area contributed by atoms with Gasteiger partial charge in [0.25, 0.3) is 0 Å². The standard InChI is InChI=1S/C6H4O2.C5H10S/c7-5-1-2-6(8)4-3-5;1-5-3-2-4-6-5/h1-4H;5H,2-4H2,1H3. The van der Waals surface area contributed by atoms with Gasteiger partial charge in [0.2, 0.25) is 0 Å². The maximum Gasteiger partial charge on any atom is 0.178 e. The molecular formula is C11H14O2S. The highest BCUT2D eigenvalue weighted by atomic mass is 32.2. The molecule has 1 aliphatic heterocycles. The molecule has 3 heteroatoms. The molecule has 1 heterocycles. The summed E-state index contributed by atoms with van der Waals surface area (Å²) in [4.78, 5) is 20.6. The van der Waals surface area contributed by atoms with E-state index in [9.17, 15) is 9.59 Å². The van der Waals surface area contributed by atoms with Crippen molar-refractivity contribution in [3.8, 4) is 0 Å². The first-order valence-electron chi connectivity index (χ1n) is 4.74. The molecule has 2 rings (SSSR count). The fourth-order valence-corrected chi connectivity index (χ4v) is 2.25. The second-order valence-electron chi connectivity index (χ2n) is 3.30. The van der Waals surface area contributed by atoms with Crippen LogP contribution in [0.5, 0.6) is 0 Å². The predicted octanol–water partition coefficient (Wildman–Crippen LogP) is 2.15. The van der Waals surface area contributed by atoms with Gasteiger partial charge in [-0.15, -0.1) is 0 Å². The zero-order chi connectivity index (χ0) is 10.4. The molecule has 1 atom stereocenters. The van der Waals surface area contributed by atoms with E-state index in [0.717, 1.165) is 5.25 Å². The number of carbonyl (C=O) groups excluding carboxylic acids is 2. The van der Waals surface area contributed by atoms with Gasteiger partial charge < -0.3 is 0 Å². The maximum absolute atomic E-state index is 10.3. The highest BCUT2D eigenvalue weighted by Gasteiger charge is 2.07. The van der Waals surface area contributed by atoms with Gasteiger partial charge in [0.05, 0.1) is 0 Å². The molecule has 0 N–H and O–H groups in total. The summed E-state index contributed by atoms with van der Waals surface area (Å²) in [5.41, 5.74) is 0. The van der Waals surface area contributed by atoms with E-state index in [1.54, 1.807) is 0 Å². The minimum Gasteiger partial charge on any atom is -0.290 e. The van der Waals surface area contributed by atoms with Crippen molar-refractivity contribution in [2.45, 2.75) is 25.0 Å². The van der Waals surface area contributed by atoms with E-state index in [2.05, 4.69) is 18.7 Å². The lowest BCUT2D eigenvalue weighted by atomic mass is 10.2. The third kappa shape index (κ3) is 4.42. The molecule has 0 bridgehead atoms. The fraction of sp³-hybridized carbons (Fsp3) is 0.455. The van der Waals surface area contributed by atoms with Crippen LogP contribution in [0.3, 0.4) is 0 Å². The van der Waals surface area contributed by atoms with Crippen LogP contribution in [-0.2, 0) is 9.59 Å². The number of hydrogen-bond donors (Lipinski definition) is 0. The van der Waals surface area contributed by atoms with Gasteiger partial charge in [0.15, 0.2) is 11.6 Å². The van der Waals surface area contributed by atoms with Crippen LogP contribution in [0.2, 0.25) is 0 Å². The minimum atomic E-state index is -0.121. The molecule has 2 nitrogen and oxygen atoms in total. The summed E-state index contributed by atoms with van der Waals surface area (Å²) in [5, 5.41) is 0.963. The molecule has 1 fully saturated rings. The van der Waals surface area contributed by atoms with E-state index >= 15 is 0 Å². The molecule has 1 saturated heterocycles. The SMILES string of the molecule is CC1CCCS1.O=C1C=CC(=O)C=C1. The minimum absolute atomic E-state index is 0.121. The van der Waals surface area contributed by atoms with Crippen molar-refractivity contribution in [3.63, 3.8) is 0 Å². The lowest BCUT2D eigenvalue weighted by molar-refractivity contribution is -0.113. The van der Waals surface area contributed by atoms with Crippen molar-refractivity contribution < 1.29 is 9.59 Å². The second kappa shape index (κ2) is 5.81. The maximum atomic E-state index is 10.3. The smallest absolute Gasteiger partial charge is 0.178 e. The first-order valence-corrected chi connectivity index (χ1v) is 5.79. The van der Waals surface area contributed by atoms with E-state index in [0.29, 0.717) is 0 Å². The molecule has 0 aromatic heterocycles. The van der Waals surface area contributed by atoms with Crippen molar-refractivity contribution in [2.75, 3.05) is 5.75 Å². The van der Waals surface area contributed by atoms with Crippen molar-refractivity contribution >= 4 is 23.3 Å². The summed E-state index contributed by atoms with van der Waals surface area (Å²) >= 11 is 2.10. The Bertz CT molecular complexity index is 235. The van der Waals surface area contributed by atoms with Crippen LogP contribution < -0.4 is 0 Å². The lowest BCUT2D eigenvalue weighted by Crippen LogP contribution is -1.97. The molecular weight excluding hydrogens is 196 g/mol. The monoisotopic (exact) mass is 210 g/mol. The van der Waals surface area contributed by atoms with Crippen molar-refractivity contribution in [1.29, 1.82) is 0 Å². The normalized spacial score (nSPS) is 24.8. The van der Waals surface area contributed by atoms with E-state index in [4.69, 9.17) is 0 Å². The van der Waals surface area contributed by atoms with Gasteiger partial charge in [0, 0.05) is 5.25 Å². The molecule has 1 aliphatic carbocycles. The molecule has 0 spiro atoms. The molecule has 0 saturated carbocycles. The van der Waals surface area contributed by atoms with Crippen LogP contribution in [0.25, 0.3) is 0 Å². The van der Waals surface area contributed by atoms with Gasteiger partial charge in [-0.25, -0.2) is 0 Å². The third-order valence-corrected chi connectivity index (χ3v) is 3.31. The number of carbonyl (C=O) groups is 2. The molecule has 14 heavy (non-hydrogen) atoms. The van der Waals surface area contributed by atoms with Gasteiger partial charge in [-0.05, 0) is 42.9 Å². The van der Waals surface area contributed by atoms with Crippen LogP contribution >= 0.6 is 11.8 Å². The highest BCUT2D eigenvalue weighted by molar-refractivity contribution is 8.00. The molecule has 0 radical (unpaired) electrons. The van der Waals surface area contributed by atoms with Gasteiger partial charge >= 0.3 is 0 Å². The van der Waals surface area contributed by atoms with Crippen LogP contribution in [0.4, 0.5) is 0 Å². The predicted molar refractivity (Wildman–Crippen MR) is 59.4 cm³/mol. The first-order chi connectivity index (χ1) is 6.68. The van der Waals surface area contributed by atoms with Gasteiger partial charge in [-0.3, -0.25) is 9.59 Å². The Hall–Kier alpha value is -0.830. The Morgan fingerprint density at radius 1 is 1.14 bits per heavy atom. The fourth-order valence-electron chi connectivity index (χ4n) is 1.18. The summed E-state index contributed by atoms with van der Waals surface area (Å²) in [6, 6.07) is 0. The van der Waals surface area contributed by atoms with Crippen LogP contribution in [0.1, 0.15) is 19.8 Å². The summed E-state index contributed by atoms with van der Waals surface area (Å²) in [7, 11) is 0. The Morgan fingerprint density at radius 3 is 1.86 bits per heavy atom. The quantitative estimate of drug-likeness (QED) is 0.574. The number of ketones is 2. The zero-order valence-electron chi connectivity index (χ0n) is 8.23. The third-order valence-electron chi connectivity index (χ3n) is 1.98. The molecule has 0 aromatic rings. The average molecular weight is 210 g/mol. The zero-order valence-corrected chi connectivity index (χ0v) is 9.05. The molecule has 76 valence electrons. The molecule has 0 amide bonds. The lowest BCUT2D eigenvalue weighted by Gasteiger charge is -1.91. The van der Waals surface area contributed by atoms with Crippen molar-refractivity contribution in [2.24, 2.45) is 0 Å².